The lowest BCUT2D eigenvalue weighted by atomic mass is 10.0. The number of sulfonamides is 1. The summed E-state index contributed by atoms with van der Waals surface area (Å²) in [5.74, 6) is 0.671. The van der Waals surface area contributed by atoms with Crippen LogP contribution in [-0.4, -0.2) is 87.6 Å². The maximum absolute atomic E-state index is 14.4. The fraction of sp³-hybridized carbons (Fsp3) is 0.472. The van der Waals surface area contributed by atoms with Gasteiger partial charge in [-0.3, -0.25) is 14.4 Å². The molecule has 0 saturated carbocycles. The molecule has 4 atom stereocenters. The summed E-state index contributed by atoms with van der Waals surface area (Å²) in [6, 6.07) is 14.4. The van der Waals surface area contributed by atoms with Gasteiger partial charge in [0.25, 0.3) is 15.9 Å². The molecule has 2 heterocycles. The highest BCUT2D eigenvalue weighted by Crippen LogP contribution is 2.33. The molecule has 0 radical (unpaired) electrons. The third-order valence-electron chi connectivity index (χ3n) is 8.81. The van der Waals surface area contributed by atoms with Crippen molar-refractivity contribution in [3.63, 3.8) is 0 Å². The molecule has 0 fully saturated rings. The van der Waals surface area contributed by atoms with Crippen molar-refractivity contribution in [2.45, 2.75) is 69.7 Å². The molecule has 49 heavy (non-hydrogen) atoms. The van der Waals surface area contributed by atoms with Crippen LogP contribution in [0.3, 0.4) is 0 Å². The number of ether oxygens (including phenoxy) is 4. The number of carbonyl (C=O) groups is 1. The van der Waals surface area contributed by atoms with Crippen LogP contribution in [0.4, 0.5) is 10.1 Å². The van der Waals surface area contributed by atoms with Gasteiger partial charge in [0.1, 0.15) is 11.6 Å². The van der Waals surface area contributed by atoms with Crippen molar-refractivity contribution in [1.29, 1.82) is 0 Å². The van der Waals surface area contributed by atoms with E-state index in [-0.39, 0.29) is 54.2 Å². The summed E-state index contributed by atoms with van der Waals surface area (Å²) in [4.78, 5) is 18.0. The van der Waals surface area contributed by atoms with Gasteiger partial charge < -0.3 is 29.0 Å². The van der Waals surface area contributed by atoms with Crippen molar-refractivity contribution in [3.05, 3.63) is 77.6 Å². The molecule has 0 unspecified atom stereocenters. The molecule has 13 heteroatoms. The van der Waals surface area contributed by atoms with E-state index >= 15 is 0 Å². The highest BCUT2D eigenvalue weighted by Gasteiger charge is 2.31. The Hall–Kier alpha value is -3.91. The molecule has 2 aliphatic rings. The topological polar surface area (TPSA) is 127 Å². The van der Waals surface area contributed by atoms with E-state index in [4.69, 9.17) is 18.9 Å². The van der Waals surface area contributed by atoms with Crippen LogP contribution in [0.2, 0.25) is 0 Å². The summed E-state index contributed by atoms with van der Waals surface area (Å²) in [5, 5.41) is 10.2. The van der Waals surface area contributed by atoms with Gasteiger partial charge >= 0.3 is 0 Å². The number of carbonyl (C=O) groups excluding carboxylic acids is 1. The predicted molar refractivity (Wildman–Crippen MR) is 183 cm³/mol. The Balaban J connectivity index is 1.40. The number of benzene rings is 3. The fourth-order valence-electron chi connectivity index (χ4n) is 6.00. The van der Waals surface area contributed by atoms with Crippen molar-refractivity contribution < 1.29 is 41.7 Å². The van der Waals surface area contributed by atoms with Gasteiger partial charge in [0.15, 0.2) is 11.5 Å². The molecule has 2 N–H and O–H groups in total. The number of hydrogen-bond acceptors (Lipinski definition) is 9. The van der Waals surface area contributed by atoms with E-state index in [1.54, 1.807) is 17.9 Å². The Kier molecular flexibility index (Phi) is 12.0. The van der Waals surface area contributed by atoms with Crippen LogP contribution in [0, 0.1) is 11.7 Å². The van der Waals surface area contributed by atoms with Crippen LogP contribution >= 0.6 is 0 Å². The zero-order valence-corrected chi connectivity index (χ0v) is 29.2. The average molecular weight is 700 g/mol. The lowest BCUT2D eigenvalue weighted by molar-refractivity contribution is -0.0177. The number of hydrogen-bond donors (Lipinski definition) is 2. The Morgan fingerprint density at radius 3 is 2.51 bits per heavy atom. The van der Waals surface area contributed by atoms with Gasteiger partial charge in [-0.05, 0) is 100 Å². The quantitative estimate of drug-likeness (QED) is 0.307. The first-order valence-corrected chi connectivity index (χ1v) is 18.1. The second kappa shape index (κ2) is 16.2. The number of likely N-dealkylation sites (N-methyl/N-ethyl adjacent to an activating group) is 1. The second-order valence-electron chi connectivity index (χ2n) is 13.0. The molecule has 0 aliphatic carbocycles. The largest absolute Gasteiger partial charge is 0.490 e. The molecule has 266 valence electrons. The number of nitrogens with zero attached hydrogens (tertiary/aromatic N) is 2. The van der Waals surface area contributed by atoms with Gasteiger partial charge in [-0.2, -0.15) is 0 Å². The van der Waals surface area contributed by atoms with Crippen LogP contribution in [0.5, 0.6) is 17.2 Å². The zero-order valence-electron chi connectivity index (χ0n) is 28.4. The monoisotopic (exact) mass is 699 g/mol. The molecule has 0 aromatic heterocycles. The molecule has 0 spiro atoms. The number of anilines is 1. The van der Waals surface area contributed by atoms with Gasteiger partial charge in [-0.1, -0.05) is 13.0 Å². The first-order valence-electron chi connectivity index (χ1n) is 16.6. The van der Waals surface area contributed by atoms with E-state index in [2.05, 4.69) is 9.62 Å². The summed E-state index contributed by atoms with van der Waals surface area (Å²) < 4.78 is 65.9. The number of aliphatic hydroxyl groups excluding tert-OH is 1. The Labute approximate surface area is 288 Å². The van der Waals surface area contributed by atoms with Crippen molar-refractivity contribution in [1.82, 2.24) is 9.80 Å². The molecule has 1 amide bonds. The van der Waals surface area contributed by atoms with Gasteiger partial charge in [0.05, 0.1) is 35.3 Å². The summed E-state index contributed by atoms with van der Waals surface area (Å²) in [7, 11) is -2.06. The summed E-state index contributed by atoms with van der Waals surface area (Å²) in [6.07, 6.45) is 1.93. The maximum Gasteiger partial charge on any atom is 0.261 e. The van der Waals surface area contributed by atoms with Gasteiger partial charge in [0.2, 0.25) is 6.79 Å². The van der Waals surface area contributed by atoms with Gasteiger partial charge in [-0.25, -0.2) is 12.8 Å². The highest BCUT2D eigenvalue weighted by atomic mass is 32.2. The Morgan fingerprint density at radius 1 is 1.02 bits per heavy atom. The third kappa shape index (κ3) is 9.41. The van der Waals surface area contributed by atoms with Crippen LogP contribution in [0.1, 0.15) is 56.0 Å². The van der Waals surface area contributed by atoms with E-state index in [0.29, 0.717) is 25.4 Å². The molecule has 3 aromatic rings. The first kappa shape index (κ1) is 36.4. The van der Waals surface area contributed by atoms with Crippen molar-refractivity contribution in [2.24, 2.45) is 5.92 Å². The predicted octanol–water partition coefficient (Wildman–Crippen LogP) is 5.28. The molecule has 2 aliphatic heterocycles. The molecular weight excluding hydrogens is 653 g/mol. The van der Waals surface area contributed by atoms with Crippen LogP contribution in [0.15, 0.2) is 65.6 Å². The molecule has 0 bridgehead atoms. The second-order valence-corrected chi connectivity index (χ2v) is 14.6. The van der Waals surface area contributed by atoms with Gasteiger partial charge in [-0.15, -0.1) is 0 Å². The van der Waals surface area contributed by atoms with Crippen molar-refractivity contribution >= 4 is 21.6 Å². The van der Waals surface area contributed by atoms with Crippen molar-refractivity contribution in [3.8, 4) is 17.2 Å². The minimum Gasteiger partial charge on any atom is -0.490 e. The van der Waals surface area contributed by atoms with Crippen molar-refractivity contribution in [2.75, 3.05) is 44.9 Å². The molecular formula is C36H46FN3O8S. The highest BCUT2D eigenvalue weighted by molar-refractivity contribution is 7.92. The Morgan fingerprint density at radius 2 is 1.76 bits per heavy atom. The third-order valence-corrected chi connectivity index (χ3v) is 10.2. The smallest absolute Gasteiger partial charge is 0.261 e. The summed E-state index contributed by atoms with van der Waals surface area (Å²) >= 11 is 0. The molecule has 0 saturated heterocycles. The normalized spacial score (nSPS) is 21.1. The number of halogens is 1. The van der Waals surface area contributed by atoms with E-state index in [0.717, 1.165) is 48.5 Å². The van der Waals surface area contributed by atoms with E-state index in [1.807, 2.05) is 39.1 Å². The maximum atomic E-state index is 14.4. The number of fused-ring (bicyclic) bond motifs is 2. The fourth-order valence-corrected chi connectivity index (χ4v) is 7.05. The first-order chi connectivity index (χ1) is 23.4. The van der Waals surface area contributed by atoms with Crippen LogP contribution < -0.4 is 18.9 Å². The van der Waals surface area contributed by atoms with E-state index in [1.165, 1.54) is 24.3 Å². The number of amides is 1. The summed E-state index contributed by atoms with van der Waals surface area (Å²) in [6.45, 7) is 7.72. The number of rotatable bonds is 9. The SMILES string of the molecule is C[C@H]1CCCCO[C@@H](CN(C)Cc2ccc3c(c2)OCO3)[C@@H](C)CN([C@@H](C)CO)C(=O)c2cc(NS(=O)(=O)c3ccc(F)cc3)ccc2O1. The number of aliphatic hydroxyl groups is 1. The van der Waals surface area contributed by atoms with Crippen LogP contribution in [-0.2, 0) is 21.3 Å². The molecule has 11 nitrogen and oxygen atoms in total. The minimum atomic E-state index is -4.08. The lowest BCUT2D eigenvalue weighted by Gasteiger charge is -2.36. The van der Waals surface area contributed by atoms with E-state index < -0.39 is 27.8 Å². The average Bonchev–Trinajstić information content (AvgIpc) is 3.54. The zero-order chi connectivity index (χ0) is 35.1. The minimum absolute atomic E-state index is 0.121. The lowest BCUT2D eigenvalue weighted by Crippen LogP contribution is -2.47. The van der Waals surface area contributed by atoms with Crippen LogP contribution in [0.25, 0.3) is 0 Å². The standard InChI is InChI=1S/C36H46FN3O8S/c1-24-19-40(25(2)22-41)36(42)31-18-29(38-49(43,44)30-12-9-28(37)10-13-30)11-15-32(31)48-26(3)7-5-6-16-45-35(24)21-39(4)20-27-8-14-33-34(17-27)47-23-46-33/h8-15,17-18,24-26,35,38,41H,5-7,16,19-23H2,1-4H3/t24-,25-,26-,35-/m0/s1. The number of nitrogens with one attached hydrogen (secondary N) is 1. The van der Waals surface area contributed by atoms with E-state index in [9.17, 15) is 22.7 Å². The molecule has 5 rings (SSSR count). The summed E-state index contributed by atoms with van der Waals surface area (Å²) in [5.41, 5.74) is 1.38. The molecule has 3 aromatic carbocycles. The van der Waals surface area contributed by atoms with Gasteiger partial charge in [0, 0.05) is 37.8 Å². The Bertz CT molecular complexity index is 1690.